The van der Waals surface area contributed by atoms with Gasteiger partial charge in [-0.25, -0.2) is 4.39 Å². The van der Waals surface area contributed by atoms with Crippen molar-refractivity contribution < 1.29 is 13.9 Å². The fourth-order valence-corrected chi connectivity index (χ4v) is 3.84. The third-order valence-electron chi connectivity index (χ3n) is 5.30. The molecular formula is C21H27ClFN3O2. The van der Waals surface area contributed by atoms with Crippen molar-refractivity contribution in [3.05, 3.63) is 46.5 Å². The van der Waals surface area contributed by atoms with Crippen LogP contribution in [0.1, 0.15) is 43.6 Å². The Morgan fingerprint density at radius 1 is 1.36 bits per heavy atom. The second kappa shape index (κ2) is 8.95. The van der Waals surface area contributed by atoms with Crippen LogP contribution < -0.4 is 4.74 Å². The van der Waals surface area contributed by atoms with Gasteiger partial charge in [0.2, 0.25) is 5.91 Å². The number of rotatable bonds is 6. The summed E-state index contributed by atoms with van der Waals surface area (Å²) in [6.07, 6.45) is 2.38. The van der Waals surface area contributed by atoms with Crippen molar-refractivity contribution >= 4 is 17.5 Å². The molecule has 1 amide bonds. The second-order valence-electron chi connectivity index (χ2n) is 7.60. The van der Waals surface area contributed by atoms with Gasteiger partial charge in [0.15, 0.2) is 0 Å². The molecule has 1 aliphatic heterocycles. The van der Waals surface area contributed by atoms with Crippen LogP contribution in [0.25, 0.3) is 0 Å². The van der Waals surface area contributed by atoms with Gasteiger partial charge < -0.3 is 9.64 Å². The summed E-state index contributed by atoms with van der Waals surface area (Å²) in [5.74, 6) is 0.781. The fraction of sp³-hybridized carbons (Fsp3) is 0.524. The summed E-state index contributed by atoms with van der Waals surface area (Å²) in [4.78, 5) is 14.7. The standard InChI is InChI=1S/C21H27ClFN3O2/c1-14(26-16(3)21(22)15(2)24-26)11-20(27)25-10-4-5-17(12-25)13-28-19-8-6-18(23)7-9-19/h6-9,14,17H,4-5,10-13H2,1-3H3/t14-,17-/m1/s1. The molecule has 28 heavy (non-hydrogen) atoms. The lowest BCUT2D eigenvalue weighted by Crippen LogP contribution is -2.42. The third-order valence-corrected chi connectivity index (χ3v) is 5.84. The molecule has 2 atom stereocenters. The summed E-state index contributed by atoms with van der Waals surface area (Å²) in [5, 5.41) is 5.12. The molecule has 0 bridgehead atoms. The van der Waals surface area contributed by atoms with Crippen LogP contribution in [-0.4, -0.2) is 40.3 Å². The molecule has 1 aromatic heterocycles. The van der Waals surface area contributed by atoms with Crippen LogP contribution in [0, 0.1) is 25.6 Å². The highest BCUT2D eigenvalue weighted by Gasteiger charge is 2.26. The molecule has 1 saturated heterocycles. The number of carbonyl (C=O) groups is 1. The summed E-state index contributed by atoms with van der Waals surface area (Å²) >= 11 is 6.23. The number of piperidine rings is 1. The molecule has 0 saturated carbocycles. The van der Waals surface area contributed by atoms with Gasteiger partial charge in [-0.1, -0.05) is 11.6 Å². The Balaban J connectivity index is 1.53. The average molecular weight is 408 g/mol. The number of likely N-dealkylation sites (tertiary alicyclic amines) is 1. The van der Waals surface area contributed by atoms with Gasteiger partial charge in [0.25, 0.3) is 0 Å². The minimum atomic E-state index is -0.278. The third kappa shape index (κ3) is 4.85. The Morgan fingerprint density at radius 3 is 2.71 bits per heavy atom. The highest BCUT2D eigenvalue weighted by Crippen LogP contribution is 2.25. The quantitative estimate of drug-likeness (QED) is 0.705. The van der Waals surface area contributed by atoms with Crippen LogP contribution in [0.2, 0.25) is 5.02 Å². The maximum absolute atomic E-state index is 13.0. The number of halogens is 2. The highest BCUT2D eigenvalue weighted by atomic mass is 35.5. The van der Waals surface area contributed by atoms with E-state index in [-0.39, 0.29) is 23.7 Å². The number of amides is 1. The molecule has 0 radical (unpaired) electrons. The lowest BCUT2D eigenvalue weighted by atomic mass is 9.98. The van der Waals surface area contributed by atoms with E-state index in [1.807, 2.05) is 30.4 Å². The van der Waals surface area contributed by atoms with Crippen molar-refractivity contribution in [1.82, 2.24) is 14.7 Å². The van der Waals surface area contributed by atoms with E-state index in [1.165, 1.54) is 12.1 Å². The molecular weight excluding hydrogens is 381 g/mol. The van der Waals surface area contributed by atoms with Crippen molar-refractivity contribution in [3.8, 4) is 5.75 Å². The first-order valence-corrected chi connectivity index (χ1v) is 10.1. The highest BCUT2D eigenvalue weighted by molar-refractivity contribution is 6.31. The maximum Gasteiger partial charge on any atom is 0.224 e. The van der Waals surface area contributed by atoms with Crippen LogP contribution in [0.5, 0.6) is 5.75 Å². The SMILES string of the molecule is Cc1nn([C@H](C)CC(=O)N2CCC[C@@H](COc3ccc(F)cc3)C2)c(C)c1Cl. The number of hydrogen-bond donors (Lipinski definition) is 0. The van der Waals surface area contributed by atoms with Crippen LogP contribution in [-0.2, 0) is 4.79 Å². The van der Waals surface area contributed by atoms with Gasteiger partial charge in [0, 0.05) is 25.4 Å². The van der Waals surface area contributed by atoms with Crippen LogP contribution in [0.3, 0.4) is 0 Å². The normalized spacial score (nSPS) is 18.2. The summed E-state index contributed by atoms with van der Waals surface area (Å²) in [7, 11) is 0. The minimum absolute atomic E-state index is 0.0467. The molecule has 2 aromatic rings. The number of carbonyl (C=O) groups excluding carboxylic acids is 1. The number of aryl methyl sites for hydroxylation is 1. The van der Waals surface area contributed by atoms with E-state index in [1.54, 1.807) is 12.1 Å². The van der Waals surface area contributed by atoms with Gasteiger partial charge in [0.05, 0.1) is 29.1 Å². The van der Waals surface area contributed by atoms with E-state index in [0.717, 1.165) is 30.8 Å². The van der Waals surface area contributed by atoms with Crippen LogP contribution in [0.15, 0.2) is 24.3 Å². The zero-order valence-electron chi connectivity index (χ0n) is 16.6. The van der Waals surface area contributed by atoms with Crippen molar-refractivity contribution in [3.63, 3.8) is 0 Å². The van der Waals surface area contributed by atoms with E-state index in [0.29, 0.717) is 30.3 Å². The average Bonchev–Trinajstić information content (AvgIpc) is 2.95. The molecule has 0 N–H and O–H groups in total. The predicted octanol–water partition coefficient (Wildman–Crippen LogP) is 4.56. The predicted molar refractivity (Wildman–Crippen MR) is 107 cm³/mol. The first-order chi connectivity index (χ1) is 13.3. The number of nitrogens with zero attached hydrogens (tertiary/aromatic N) is 3. The number of hydrogen-bond acceptors (Lipinski definition) is 3. The summed E-state index contributed by atoms with van der Waals surface area (Å²) < 4.78 is 20.6. The monoisotopic (exact) mass is 407 g/mol. The molecule has 2 heterocycles. The molecule has 0 aliphatic carbocycles. The number of ether oxygens (including phenoxy) is 1. The lowest BCUT2D eigenvalue weighted by molar-refractivity contribution is -0.134. The van der Waals surface area contributed by atoms with Crippen molar-refractivity contribution in [2.75, 3.05) is 19.7 Å². The molecule has 1 aliphatic rings. The first-order valence-electron chi connectivity index (χ1n) is 9.72. The lowest BCUT2D eigenvalue weighted by Gasteiger charge is -2.33. The van der Waals surface area contributed by atoms with E-state index in [4.69, 9.17) is 16.3 Å². The number of aromatic nitrogens is 2. The maximum atomic E-state index is 13.0. The zero-order chi connectivity index (χ0) is 20.3. The Morgan fingerprint density at radius 2 is 2.07 bits per heavy atom. The smallest absolute Gasteiger partial charge is 0.224 e. The van der Waals surface area contributed by atoms with Crippen molar-refractivity contribution in [1.29, 1.82) is 0 Å². The van der Waals surface area contributed by atoms with Gasteiger partial charge in [0.1, 0.15) is 11.6 Å². The van der Waals surface area contributed by atoms with Crippen molar-refractivity contribution in [2.24, 2.45) is 5.92 Å². The van der Waals surface area contributed by atoms with Gasteiger partial charge in [-0.2, -0.15) is 5.10 Å². The summed E-state index contributed by atoms with van der Waals surface area (Å²) in [5.41, 5.74) is 1.68. The molecule has 0 unspecified atom stereocenters. The minimum Gasteiger partial charge on any atom is -0.493 e. The van der Waals surface area contributed by atoms with E-state index in [9.17, 15) is 9.18 Å². The molecule has 152 valence electrons. The van der Waals surface area contributed by atoms with E-state index in [2.05, 4.69) is 5.10 Å². The Bertz CT molecular complexity index is 822. The zero-order valence-corrected chi connectivity index (χ0v) is 17.4. The summed E-state index contributed by atoms with van der Waals surface area (Å²) in [6, 6.07) is 5.98. The topological polar surface area (TPSA) is 47.4 Å². The Labute approximate surface area is 170 Å². The summed E-state index contributed by atoms with van der Waals surface area (Å²) in [6.45, 7) is 7.77. The number of benzene rings is 1. The largest absolute Gasteiger partial charge is 0.493 e. The second-order valence-corrected chi connectivity index (χ2v) is 7.97. The molecule has 1 aromatic carbocycles. The van der Waals surface area contributed by atoms with Crippen LogP contribution >= 0.6 is 11.6 Å². The van der Waals surface area contributed by atoms with Gasteiger partial charge >= 0.3 is 0 Å². The Kier molecular flexibility index (Phi) is 6.60. The molecule has 1 fully saturated rings. The Hall–Kier alpha value is -2.08. The molecule has 5 nitrogen and oxygen atoms in total. The van der Waals surface area contributed by atoms with E-state index >= 15 is 0 Å². The fourth-order valence-electron chi connectivity index (χ4n) is 3.71. The molecule has 0 spiro atoms. The molecule has 7 heteroatoms. The van der Waals surface area contributed by atoms with Gasteiger partial charge in [-0.3, -0.25) is 9.48 Å². The first kappa shape index (κ1) is 20.6. The van der Waals surface area contributed by atoms with Gasteiger partial charge in [-0.15, -0.1) is 0 Å². The molecule has 3 rings (SSSR count). The van der Waals surface area contributed by atoms with Gasteiger partial charge in [-0.05, 0) is 57.9 Å². The van der Waals surface area contributed by atoms with Crippen LogP contribution in [0.4, 0.5) is 4.39 Å². The van der Waals surface area contributed by atoms with Crippen molar-refractivity contribution in [2.45, 2.75) is 46.1 Å². The van der Waals surface area contributed by atoms with E-state index < -0.39 is 0 Å².